The van der Waals surface area contributed by atoms with Crippen LogP contribution in [0.15, 0.2) is 35.3 Å². The molecule has 0 bridgehead atoms. The highest BCUT2D eigenvalue weighted by molar-refractivity contribution is 6.32. The molecule has 0 radical (unpaired) electrons. The van der Waals surface area contributed by atoms with Gasteiger partial charge in [0.05, 0.1) is 11.7 Å². The van der Waals surface area contributed by atoms with Crippen molar-refractivity contribution in [1.82, 2.24) is 14.5 Å². The number of anilines is 3. The average molecular weight is 524 g/mol. The third-order valence-corrected chi connectivity index (χ3v) is 7.82. The molecule has 1 aliphatic carbocycles. The Kier molecular flexibility index (Phi) is 7.12. The lowest BCUT2D eigenvalue weighted by Gasteiger charge is -2.52. The van der Waals surface area contributed by atoms with Gasteiger partial charge in [0, 0.05) is 42.0 Å². The van der Waals surface area contributed by atoms with Crippen LogP contribution in [0, 0.1) is 5.41 Å². The van der Waals surface area contributed by atoms with Crippen LogP contribution in [0.1, 0.15) is 65.3 Å². The van der Waals surface area contributed by atoms with Crippen LogP contribution in [0.4, 0.5) is 17.5 Å². The van der Waals surface area contributed by atoms with Crippen LogP contribution in [-0.2, 0) is 4.79 Å². The second-order valence-electron chi connectivity index (χ2n) is 10.6. The zero-order valence-electron chi connectivity index (χ0n) is 21.7. The molecule has 2 fully saturated rings. The average Bonchev–Trinajstić information content (AvgIpc) is 2.87. The van der Waals surface area contributed by atoms with Gasteiger partial charge in [0.1, 0.15) is 11.6 Å². The monoisotopic (exact) mass is 523 g/mol. The third-order valence-electron chi connectivity index (χ3n) is 7.55. The second kappa shape index (κ2) is 10.3. The number of pyridine rings is 1. The van der Waals surface area contributed by atoms with Gasteiger partial charge in [0.2, 0.25) is 5.95 Å². The highest BCUT2D eigenvalue weighted by Gasteiger charge is 2.44. The first-order valence-electron chi connectivity index (χ1n) is 13.2. The van der Waals surface area contributed by atoms with Crippen molar-refractivity contribution >= 4 is 45.7 Å². The Morgan fingerprint density at radius 2 is 1.95 bits per heavy atom. The van der Waals surface area contributed by atoms with Crippen molar-refractivity contribution in [1.29, 1.82) is 0 Å². The molecule has 1 aromatic carbocycles. The maximum Gasteiger partial charge on any atom is 0.293 e. The van der Waals surface area contributed by atoms with Gasteiger partial charge in [-0.25, -0.2) is 4.98 Å². The summed E-state index contributed by atoms with van der Waals surface area (Å²) in [6, 6.07) is 7.35. The highest BCUT2D eigenvalue weighted by Crippen LogP contribution is 2.45. The summed E-state index contributed by atoms with van der Waals surface area (Å²) in [6.45, 7) is 7.55. The fourth-order valence-corrected chi connectivity index (χ4v) is 5.67. The quantitative estimate of drug-likeness (QED) is 0.393. The first-order chi connectivity index (χ1) is 17.8. The largest absolute Gasteiger partial charge is 0.480 e. The van der Waals surface area contributed by atoms with Gasteiger partial charge in [-0.15, -0.1) is 0 Å². The third kappa shape index (κ3) is 5.17. The maximum atomic E-state index is 13.1. The van der Waals surface area contributed by atoms with E-state index in [0.29, 0.717) is 28.6 Å². The van der Waals surface area contributed by atoms with E-state index < -0.39 is 0 Å². The van der Waals surface area contributed by atoms with Crippen LogP contribution in [0.25, 0.3) is 10.9 Å². The second-order valence-corrected chi connectivity index (χ2v) is 11.0. The van der Waals surface area contributed by atoms with Crippen molar-refractivity contribution in [2.75, 3.05) is 29.9 Å². The van der Waals surface area contributed by atoms with Gasteiger partial charge in [0.15, 0.2) is 17.4 Å². The topological polar surface area (TPSA) is 89.3 Å². The van der Waals surface area contributed by atoms with Gasteiger partial charge in [-0.3, -0.25) is 9.59 Å². The number of ether oxygens (including phenoxy) is 1. The van der Waals surface area contributed by atoms with E-state index in [1.807, 2.05) is 32.0 Å². The molecule has 2 aliphatic rings. The number of aromatic nitrogens is 3. The van der Waals surface area contributed by atoms with E-state index in [2.05, 4.69) is 15.2 Å². The summed E-state index contributed by atoms with van der Waals surface area (Å²) >= 11 is 6.47. The van der Waals surface area contributed by atoms with Crippen LogP contribution >= 0.6 is 11.6 Å². The van der Waals surface area contributed by atoms with E-state index in [1.165, 1.54) is 32.1 Å². The summed E-state index contributed by atoms with van der Waals surface area (Å²) in [5, 5.41) is 4.57. The minimum atomic E-state index is -0.249. The van der Waals surface area contributed by atoms with Gasteiger partial charge in [0.25, 0.3) is 5.56 Å². The fraction of sp³-hybridized carbons (Fsp3) is 0.500. The molecule has 0 unspecified atom stereocenters. The molecule has 1 saturated heterocycles. The molecular formula is C28H34ClN5O3. The van der Waals surface area contributed by atoms with Crippen LogP contribution in [-0.4, -0.2) is 40.0 Å². The van der Waals surface area contributed by atoms with E-state index >= 15 is 0 Å². The van der Waals surface area contributed by atoms with Gasteiger partial charge in [-0.05, 0) is 51.0 Å². The Labute approximate surface area is 222 Å². The molecule has 1 aliphatic heterocycles. The lowest BCUT2D eigenvalue weighted by atomic mass is 9.69. The number of fused-ring (bicyclic) bond motifs is 1. The first kappa shape index (κ1) is 25.5. The van der Waals surface area contributed by atoms with E-state index in [1.54, 1.807) is 23.8 Å². The molecule has 5 rings (SSSR count). The molecule has 3 heterocycles. The predicted octanol–water partition coefficient (Wildman–Crippen LogP) is 5.90. The van der Waals surface area contributed by atoms with Crippen LogP contribution in [0.3, 0.4) is 0 Å². The van der Waals surface area contributed by atoms with Crippen molar-refractivity contribution in [3.05, 3.63) is 45.8 Å². The Morgan fingerprint density at radius 3 is 2.65 bits per heavy atom. The number of benzene rings is 1. The molecule has 1 saturated carbocycles. The van der Waals surface area contributed by atoms with E-state index in [9.17, 15) is 9.59 Å². The zero-order chi connectivity index (χ0) is 26.2. The number of carbonyl (C=O) groups excluding carboxylic acids is 1. The SMILES string of the molecule is CCC(=O)COc1cc2cc(Nc3nc(N4CC5(CCCCC5)C4)ncc3Cl)ccc2n(C(C)C)c1=O. The van der Waals surface area contributed by atoms with Crippen molar-refractivity contribution in [2.45, 2.75) is 65.3 Å². The van der Waals surface area contributed by atoms with Crippen molar-refractivity contribution in [3.63, 3.8) is 0 Å². The number of nitrogens with zero attached hydrogens (tertiary/aromatic N) is 4. The molecule has 37 heavy (non-hydrogen) atoms. The Bertz CT molecular complexity index is 1370. The number of hydrogen-bond donors (Lipinski definition) is 1. The van der Waals surface area contributed by atoms with Crippen molar-refractivity contribution in [3.8, 4) is 5.75 Å². The Hall–Kier alpha value is -3.13. The maximum absolute atomic E-state index is 13.1. The number of rotatable bonds is 8. The predicted molar refractivity (Wildman–Crippen MR) is 147 cm³/mol. The van der Waals surface area contributed by atoms with Gasteiger partial charge in [-0.2, -0.15) is 4.98 Å². The smallest absolute Gasteiger partial charge is 0.293 e. The summed E-state index contributed by atoms with van der Waals surface area (Å²) in [4.78, 5) is 36.3. The fourth-order valence-electron chi connectivity index (χ4n) is 5.53. The van der Waals surface area contributed by atoms with Crippen molar-refractivity contribution in [2.24, 2.45) is 5.41 Å². The number of Topliss-reactive ketones (excluding diaryl/α,β-unsaturated/α-hetero) is 1. The molecule has 196 valence electrons. The molecule has 9 heteroatoms. The highest BCUT2D eigenvalue weighted by atomic mass is 35.5. The minimum Gasteiger partial charge on any atom is -0.480 e. The van der Waals surface area contributed by atoms with E-state index in [0.717, 1.165) is 29.7 Å². The number of ketones is 1. The van der Waals surface area contributed by atoms with Crippen LogP contribution < -0.4 is 20.5 Å². The van der Waals surface area contributed by atoms with E-state index in [4.69, 9.17) is 21.3 Å². The van der Waals surface area contributed by atoms with Crippen LogP contribution in [0.5, 0.6) is 5.75 Å². The number of hydrogen-bond acceptors (Lipinski definition) is 7. The van der Waals surface area contributed by atoms with Crippen molar-refractivity contribution < 1.29 is 9.53 Å². The normalized spacial score (nSPS) is 16.7. The number of halogens is 1. The van der Waals surface area contributed by atoms with E-state index in [-0.39, 0.29) is 29.7 Å². The molecule has 3 aromatic rings. The van der Waals surface area contributed by atoms with Gasteiger partial charge >= 0.3 is 0 Å². The standard InChI is InChI=1S/C28H34ClN5O3/c1-4-21(35)15-37-24-13-19-12-20(8-9-23(19)34(18(2)3)26(24)36)31-25-22(29)14-30-27(32-25)33-16-28(17-33)10-6-5-7-11-28/h8-9,12-14,18H,4-7,10-11,15-17H2,1-3H3,(H,30,31,32). The van der Waals surface area contributed by atoms with Gasteiger partial charge in [-0.1, -0.05) is 37.8 Å². The number of nitrogens with one attached hydrogen (secondary N) is 1. The Morgan fingerprint density at radius 1 is 1.19 bits per heavy atom. The molecule has 2 aromatic heterocycles. The number of carbonyl (C=O) groups is 1. The molecular weight excluding hydrogens is 490 g/mol. The minimum absolute atomic E-state index is 0.0585. The summed E-state index contributed by atoms with van der Waals surface area (Å²) < 4.78 is 7.31. The summed E-state index contributed by atoms with van der Waals surface area (Å²) in [5.74, 6) is 1.33. The Balaban J connectivity index is 1.41. The summed E-state index contributed by atoms with van der Waals surface area (Å²) in [5.41, 5.74) is 1.74. The molecule has 0 amide bonds. The molecule has 0 atom stereocenters. The van der Waals surface area contributed by atoms with Gasteiger partial charge < -0.3 is 19.5 Å². The lowest BCUT2D eigenvalue weighted by molar-refractivity contribution is -0.120. The zero-order valence-corrected chi connectivity index (χ0v) is 22.5. The summed E-state index contributed by atoms with van der Waals surface area (Å²) in [7, 11) is 0. The molecule has 1 spiro atoms. The molecule has 1 N–H and O–H groups in total. The first-order valence-corrected chi connectivity index (χ1v) is 13.5. The summed E-state index contributed by atoms with van der Waals surface area (Å²) in [6.07, 6.45) is 8.56. The van der Waals surface area contributed by atoms with Crippen LogP contribution in [0.2, 0.25) is 5.02 Å². The molecule has 8 nitrogen and oxygen atoms in total. The lowest BCUT2D eigenvalue weighted by Crippen LogP contribution is -2.57.